The van der Waals surface area contributed by atoms with E-state index in [1.54, 1.807) is 6.20 Å². The van der Waals surface area contributed by atoms with Gasteiger partial charge in [-0.2, -0.15) is 0 Å². The molecule has 2 heterocycles. The van der Waals surface area contributed by atoms with Gasteiger partial charge in [-0.15, -0.1) is 0 Å². The number of aryl methyl sites for hydroxylation is 1. The van der Waals surface area contributed by atoms with E-state index in [4.69, 9.17) is 0 Å². The summed E-state index contributed by atoms with van der Waals surface area (Å²) in [5, 5.41) is 3.08. The van der Waals surface area contributed by atoms with Crippen molar-refractivity contribution in [3.63, 3.8) is 0 Å². The van der Waals surface area contributed by atoms with Gasteiger partial charge in [0.05, 0.1) is 6.42 Å². The van der Waals surface area contributed by atoms with E-state index in [0.29, 0.717) is 12.1 Å². The lowest BCUT2D eigenvalue weighted by molar-refractivity contribution is -0.117. The molecule has 0 radical (unpaired) electrons. The summed E-state index contributed by atoms with van der Waals surface area (Å²) in [4.78, 5) is 34.5. The lowest BCUT2D eigenvalue weighted by atomic mass is 9.97. The zero-order valence-electron chi connectivity index (χ0n) is 21.4. The minimum atomic E-state index is -0.156. The fourth-order valence-electron chi connectivity index (χ4n) is 4.73. The second kappa shape index (κ2) is 10.3. The number of rotatable bonds is 6. The van der Waals surface area contributed by atoms with Crippen molar-refractivity contribution in [1.29, 1.82) is 0 Å². The first-order chi connectivity index (χ1) is 17.9. The van der Waals surface area contributed by atoms with Crippen molar-refractivity contribution in [1.82, 2.24) is 4.98 Å². The number of nitrogens with zero attached hydrogens (tertiary/aromatic N) is 3. The standard InChI is InChI=1S/C31H30N4O2/c1-21-7-13-27(22-8-11-26(12-9-22)34(2)3)28(18-21)31(37)33-25-10-14-29-23(19-25)15-17-35(29)30(36)20-24-6-4-5-16-32-24/h4-14,16,18-19H,15,17,20H2,1-3H3,(H,33,37). The summed E-state index contributed by atoms with van der Waals surface area (Å²) >= 11 is 0. The molecule has 0 fully saturated rings. The Labute approximate surface area is 217 Å². The largest absolute Gasteiger partial charge is 0.378 e. The molecule has 0 saturated heterocycles. The maximum absolute atomic E-state index is 13.4. The molecule has 0 atom stereocenters. The molecule has 0 aliphatic carbocycles. The Bertz CT molecular complexity index is 1450. The molecular weight excluding hydrogens is 460 g/mol. The van der Waals surface area contributed by atoms with Gasteiger partial charge >= 0.3 is 0 Å². The molecule has 186 valence electrons. The van der Waals surface area contributed by atoms with Gasteiger partial charge in [-0.05, 0) is 78.6 Å². The Morgan fingerprint density at radius 3 is 2.51 bits per heavy atom. The lowest BCUT2D eigenvalue weighted by Gasteiger charge is -2.18. The van der Waals surface area contributed by atoms with Gasteiger partial charge in [-0.3, -0.25) is 14.6 Å². The summed E-state index contributed by atoms with van der Waals surface area (Å²) in [6.45, 7) is 2.62. The summed E-state index contributed by atoms with van der Waals surface area (Å²) in [5.74, 6) is -0.129. The number of pyridine rings is 1. The number of amides is 2. The normalized spacial score (nSPS) is 12.2. The Hall–Kier alpha value is -4.45. The van der Waals surface area contributed by atoms with Crippen LogP contribution in [-0.4, -0.2) is 37.4 Å². The number of hydrogen-bond acceptors (Lipinski definition) is 4. The molecule has 37 heavy (non-hydrogen) atoms. The highest BCUT2D eigenvalue weighted by molar-refractivity contribution is 6.09. The van der Waals surface area contributed by atoms with Crippen LogP contribution in [0, 0.1) is 6.92 Å². The summed E-state index contributed by atoms with van der Waals surface area (Å²) in [7, 11) is 4.01. The van der Waals surface area contributed by atoms with Gasteiger partial charge < -0.3 is 15.1 Å². The Morgan fingerprint density at radius 1 is 0.973 bits per heavy atom. The van der Waals surface area contributed by atoms with Crippen LogP contribution in [0.4, 0.5) is 17.1 Å². The molecule has 6 heteroatoms. The van der Waals surface area contributed by atoms with Gasteiger partial charge in [0.15, 0.2) is 0 Å². The Morgan fingerprint density at radius 2 is 1.78 bits per heavy atom. The first kappa shape index (κ1) is 24.3. The first-order valence-corrected chi connectivity index (χ1v) is 12.4. The van der Waals surface area contributed by atoms with Crippen LogP contribution in [-0.2, 0) is 17.6 Å². The van der Waals surface area contributed by atoms with Crippen molar-refractivity contribution in [2.24, 2.45) is 0 Å². The van der Waals surface area contributed by atoms with Crippen LogP contribution in [0.3, 0.4) is 0 Å². The lowest BCUT2D eigenvalue weighted by Crippen LogP contribution is -2.30. The predicted molar refractivity (Wildman–Crippen MR) is 149 cm³/mol. The molecular formula is C31H30N4O2. The van der Waals surface area contributed by atoms with Crippen LogP contribution in [0.5, 0.6) is 0 Å². The number of benzene rings is 3. The average Bonchev–Trinajstić information content (AvgIpc) is 3.33. The van der Waals surface area contributed by atoms with E-state index in [9.17, 15) is 9.59 Å². The number of aromatic nitrogens is 1. The van der Waals surface area contributed by atoms with Gasteiger partial charge in [0.25, 0.3) is 5.91 Å². The summed E-state index contributed by atoms with van der Waals surface area (Å²) < 4.78 is 0. The van der Waals surface area contributed by atoms with Crippen molar-refractivity contribution in [3.05, 3.63) is 107 Å². The molecule has 0 unspecified atom stereocenters. The Kier molecular flexibility index (Phi) is 6.73. The highest BCUT2D eigenvalue weighted by Gasteiger charge is 2.25. The van der Waals surface area contributed by atoms with Crippen LogP contribution >= 0.6 is 0 Å². The monoisotopic (exact) mass is 490 g/mol. The number of hydrogen-bond donors (Lipinski definition) is 1. The zero-order chi connectivity index (χ0) is 25.9. The minimum absolute atomic E-state index is 0.0268. The molecule has 1 aliphatic rings. The van der Waals surface area contributed by atoms with Gasteiger partial charge in [0, 0.05) is 55.2 Å². The molecule has 5 rings (SSSR count). The topological polar surface area (TPSA) is 65.5 Å². The highest BCUT2D eigenvalue weighted by Crippen LogP contribution is 2.32. The predicted octanol–water partition coefficient (Wildman–Crippen LogP) is 5.51. The first-order valence-electron chi connectivity index (χ1n) is 12.4. The number of anilines is 3. The van der Waals surface area contributed by atoms with E-state index in [0.717, 1.165) is 51.4 Å². The maximum atomic E-state index is 13.4. The zero-order valence-corrected chi connectivity index (χ0v) is 21.4. The van der Waals surface area contributed by atoms with Crippen molar-refractivity contribution in [2.45, 2.75) is 19.8 Å². The molecule has 0 bridgehead atoms. The summed E-state index contributed by atoms with van der Waals surface area (Å²) in [6, 6.07) is 25.5. The van der Waals surface area contributed by atoms with E-state index in [2.05, 4.69) is 22.4 Å². The maximum Gasteiger partial charge on any atom is 0.256 e. The fraction of sp³-hybridized carbons (Fsp3) is 0.194. The van der Waals surface area contributed by atoms with Crippen LogP contribution < -0.4 is 15.1 Å². The molecule has 1 aliphatic heterocycles. The highest BCUT2D eigenvalue weighted by atomic mass is 16.2. The van der Waals surface area contributed by atoms with Crippen LogP contribution in [0.1, 0.15) is 27.2 Å². The quantitative estimate of drug-likeness (QED) is 0.387. The van der Waals surface area contributed by atoms with Crippen molar-refractivity contribution >= 4 is 28.9 Å². The molecule has 3 aromatic carbocycles. The van der Waals surface area contributed by atoms with E-state index >= 15 is 0 Å². The second-order valence-electron chi connectivity index (χ2n) is 9.58. The molecule has 0 spiro atoms. The SMILES string of the molecule is Cc1ccc(-c2ccc(N(C)C)cc2)c(C(=O)Nc2ccc3c(c2)CCN3C(=O)Cc2ccccn2)c1. The van der Waals surface area contributed by atoms with Crippen molar-refractivity contribution in [3.8, 4) is 11.1 Å². The van der Waals surface area contributed by atoms with Crippen LogP contribution in [0.2, 0.25) is 0 Å². The molecule has 6 nitrogen and oxygen atoms in total. The molecule has 1 aromatic heterocycles. The Balaban J connectivity index is 1.35. The summed E-state index contributed by atoms with van der Waals surface area (Å²) in [5.41, 5.74) is 8.07. The molecule has 1 N–H and O–H groups in total. The third-order valence-electron chi connectivity index (χ3n) is 6.71. The van der Waals surface area contributed by atoms with Crippen molar-refractivity contribution < 1.29 is 9.59 Å². The van der Waals surface area contributed by atoms with E-state index in [1.807, 2.05) is 97.5 Å². The van der Waals surface area contributed by atoms with Gasteiger partial charge in [-0.25, -0.2) is 0 Å². The number of fused-ring (bicyclic) bond motifs is 1. The van der Waals surface area contributed by atoms with Gasteiger partial charge in [-0.1, -0.05) is 35.9 Å². The van der Waals surface area contributed by atoms with Gasteiger partial charge in [0.1, 0.15) is 0 Å². The van der Waals surface area contributed by atoms with Gasteiger partial charge in [0.2, 0.25) is 5.91 Å². The number of carbonyl (C=O) groups excluding carboxylic acids is 2. The molecule has 2 amide bonds. The van der Waals surface area contributed by atoms with E-state index in [1.165, 1.54) is 0 Å². The molecule has 4 aromatic rings. The molecule has 0 saturated carbocycles. The minimum Gasteiger partial charge on any atom is -0.378 e. The number of carbonyl (C=O) groups is 2. The smallest absolute Gasteiger partial charge is 0.256 e. The fourth-order valence-corrected chi connectivity index (χ4v) is 4.73. The van der Waals surface area contributed by atoms with Crippen LogP contribution in [0.15, 0.2) is 85.1 Å². The van der Waals surface area contributed by atoms with E-state index < -0.39 is 0 Å². The van der Waals surface area contributed by atoms with Crippen molar-refractivity contribution in [2.75, 3.05) is 35.8 Å². The van der Waals surface area contributed by atoms with Crippen LogP contribution in [0.25, 0.3) is 11.1 Å². The third-order valence-corrected chi connectivity index (χ3v) is 6.71. The third kappa shape index (κ3) is 5.23. The summed E-state index contributed by atoms with van der Waals surface area (Å²) in [6.07, 6.45) is 2.72. The van der Waals surface area contributed by atoms with E-state index in [-0.39, 0.29) is 18.2 Å². The number of nitrogens with one attached hydrogen (secondary N) is 1. The average molecular weight is 491 g/mol. The second-order valence-corrected chi connectivity index (χ2v) is 9.58.